The molecule has 0 fully saturated rings. The van der Waals surface area contributed by atoms with Gasteiger partial charge in [-0.15, -0.1) is 0 Å². The Morgan fingerprint density at radius 1 is 1.12 bits per heavy atom. The van der Waals surface area contributed by atoms with Crippen LogP contribution in [0.3, 0.4) is 0 Å². The first-order chi connectivity index (χ1) is 11.5. The Hall–Kier alpha value is -2.01. The highest BCUT2D eigenvalue weighted by atomic mass is 35.5. The summed E-state index contributed by atoms with van der Waals surface area (Å²) in [6, 6.07) is 10.7. The van der Waals surface area contributed by atoms with Crippen molar-refractivity contribution in [1.82, 2.24) is 4.98 Å². The average Bonchev–Trinajstić information content (AvgIpc) is 2.51. The molecule has 0 saturated heterocycles. The van der Waals surface area contributed by atoms with Crippen molar-refractivity contribution in [3.63, 3.8) is 0 Å². The molecule has 1 heterocycles. The predicted octanol–water partition coefficient (Wildman–Crippen LogP) is 5.24. The second kappa shape index (κ2) is 6.85. The van der Waals surface area contributed by atoms with Crippen LogP contribution < -0.4 is 11.0 Å². The summed E-state index contributed by atoms with van der Waals surface area (Å²) >= 11 is 18.0. The van der Waals surface area contributed by atoms with E-state index in [1.54, 1.807) is 18.2 Å². The zero-order valence-corrected chi connectivity index (χ0v) is 14.8. The molecule has 24 heavy (non-hydrogen) atoms. The zero-order chi connectivity index (χ0) is 17.3. The van der Waals surface area contributed by atoms with Gasteiger partial charge in [0.25, 0.3) is 5.56 Å². The topological polar surface area (TPSA) is 57.2 Å². The van der Waals surface area contributed by atoms with Crippen LogP contribution in [0.4, 0.5) is 5.69 Å². The van der Waals surface area contributed by atoms with E-state index >= 15 is 0 Å². The normalized spacial score (nSPS) is 11.3. The lowest BCUT2D eigenvalue weighted by Gasteiger charge is -2.06. The molecule has 0 unspecified atom stereocenters. The molecule has 0 bridgehead atoms. The fraction of sp³-hybridized carbons (Fsp3) is 0.0588. The van der Waals surface area contributed by atoms with Gasteiger partial charge in [-0.2, -0.15) is 5.10 Å². The van der Waals surface area contributed by atoms with Crippen molar-refractivity contribution in [2.24, 2.45) is 5.10 Å². The number of nitrogens with zero attached hydrogens (tertiary/aromatic N) is 1. The van der Waals surface area contributed by atoms with E-state index in [0.717, 1.165) is 16.5 Å². The third-order valence-corrected chi connectivity index (χ3v) is 4.32. The van der Waals surface area contributed by atoms with Crippen LogP contribution in [-0.4, -0.2) is 11.2 Å². The first-order valence-corrected chi connectivity index (χ1v) is 8.15. The molecule has 4 nitrogen and oxygen atoms in total. The van der Waals surface area contributed by atoms with Gasteiger partial charge in [0.2, 0.25) is 0 Å². The van der Waals surface area contributed by atoms with Crippen LogP contribution in [0.2, 0.25) is 15.1 Å². The number of para-hydroxylation sites is 1. The third kappa shape index (κ3) is 3.41. The maximum Gasteiger partial charge on any atom is 0.257 e. The van der Waals surface area contributed by atoms with Gasteiger partial charge in [-0.25, -0.2) is 0 Å². The molecule has 0 aliphatic heterocycles. The molecule has 122 valence electrons. The number of hydrogen-bond acceptors (Lipinski definition) is 3. The Labute approximate surface area is 153 Å². The maximum atomic E-state index is 12.2. The minimum Gasteiger partial charge on any atom is -0.321 e. The Bertz CT molecular complexity index is 989. The summed E-state index contributed by atoms with van der Waals surface area (Å²) in [6.07, 6.45) is 1.42. The van der Waals surface area contributed by atoms with Gasteiger partial charge < -0.3 is 4.98 Å². The molecule has 0 spiro atoms. The molecule has 1 aromatic heterocycles. The summed E-state index contributed by atoms with van der Waals surface area (Å²) in [5.74, 6) is 0. The lowest BCUT2D eigenvalue weighted by molar-refractivity contribution is 1.26. The lowest BCUT2D eigenvalue weighted by Crippen LogP contribution is -2.12. The summed E-state index contributed by atoms with van der Waals surface area (Å²) in [5, 5.41) is 6.09. The molecular weight excluding hydrogens is 369 g/mol. The minimum absolute atomic E-state index is 0.226. The molecular formula is C17H12Cl3N3O. The standard InChI is InChI=1S/C17H12Cl3N3O/c1-9-3-2-4-10-5-11(17(24)22-15(9)10)8-21-23-16-13(19)6-12(18)7-14(16)20/h2-8,23H,1H3,(H,22,24). The van der Waals surface area contributed by atoms with Gasteiger partial charge in [-0.05, 0) is 36.1 Å². The second-order valence-electron chi connectivity index (χ2n) is 5.21. The van der Waals surface area contributed by atoms with Gasteiger partial charge in [0, 0.05) is 5.02 Å². The van der Waals surface area contributed by atoms with Crippen molar-refractivity contribution >= 4 is 57.6 Å². The van der Waals surface area contributed by atoms with E-state index in [0.29, 0.717) is 26.3 Å². The summed E-state index contributed by atoms with van der Waals surface area (Å²) in [5.41, 5.74) is 5.17. The smallest absolute Gasteiger partial charge is 0.257 e. The Morgan fingerprint density at radius 3 is 2.54 bits per heavy atom. The van der Waals surface area contributed by atoms with Crippen LogP contribution in [0.15, 0.2) is 46.3 Å². The first kappa shape index (κ1) is 16.8. The monoisotopic (exact) mass is 379 g/mol. The Morgan fingerprint density at radius 2 is 1.83 bits per heavy atom. The van der Waals surface area contributed by atoms with E-state index in [4.69, 9.17) is 34.8 Å². The molecule has 0 saturated carbocycles. The maximum absolute atomic E-state index is 12.2. The van der Waals surface area contributed by atoms with E-state index in [1.165, 1.54) is 6.21 Å². The summed E-state index contributed by atoms with van der Waals surface area (Å²) in [7, 11) is 0. The number of pyridine rings is 1. The van der Waals surface area contributed by atoms with Crippen LogP contribution in [-0.2, 0) is 0 Å². The van der Waals surface area contributed by atoms with Crippen LogP contribution in [0.5, 0.6) is 0 Å². The second-order valence-corrected chi connectivity index (χ2v) is 6.46. The number of rotatable bonds is 3. The summed E-state index contributed by atoms with van der Waals surface area (Å²) in [6.45, 7) is 1.94. The molecule has 0 atom stereocenters. The number of benzene rings is 2. The van der Waals surface area contributed by atoms with E-state index in [2.05, 4.69) is 15.5 Å². The van der Waals surface area contributed by atoms with Crippen molar-refractivity contribution in [2.75, 3.05) is 5.43 Å². The molecule has 3 aromatic rings. The quantitative estimate of drug-likeness (QED) is 0.482. The number of aromatic nitrogens is 1. The lowest BCUT2D eigenvalue weighted by atomic mass is 10.1. The highest BCUT2D eigenvalue weighted by molar-refractivity contribution is 6.41. The van der Waals surface area contributed by atoms with Crippen molar-refractivity contribution in [1.29, 1.82) is 0 Å². The van der Waals surface area contributed by atoms with Crippen molar-refractivity contribution in [3.05, 3.63) is 72.9 Å². The van der Waals surface area contributed by atoms with Crippen LogP contribution in [0.1, 0.15) is 11.1 Å². The molecule has 0 radical (unpaired) electrons. The molecule has 7 heteroatoms. The Kier molecular flexibility index (Phi) is 4.81. The number of nitrogens with one attached hydrogen (secondary N) is 2. The third-order valence-electron chi connectivity index (χ3n) is 3.50. The van der Waals surface area contributed by atoms with Crippen LogP contribution in [0, 0.1) is 6.92 Å². The number of hydrogen-bond donors (Lipinski definition) is 2. The van der Waals surface area contributed by atoms with Gasteiger partial charge in [0.1, 0.15) is 0 Å². The molecule has 0 aliphatic rings. The highest BCUT2D eigenvalue weighted by Gasteiger charge is 2.07. The molecule has 0 amide bonds. The average molecular weight is 381 g/mol. The van der Waals surface area contributed by atoms with Gasteiger partial charge in [0.15, 0.2) is 0 Å². The number of aryl methyl sites for hydroxylation is 1. The van der Waals surface area contributed by atoms with Crippen molar-refractivity contribution < 1.29 is 0 Å². The number of H-pyrrole nitrogens is 1. The molecule has 2 aromatic carbocycles. The number of hydrazone groups is 1. The van der Waals surface area contributed by atoms with E-state index in [-0.39, 0.29) is 5.56 Å². The predicted molar refractivity (Wildman–Crippen MR) is 102 cm³/mol. The molecule has 3 rings (SSSR count). The first-order valence-electron chi connectivity index (χ1n) is 7.02. The minimum atomic E-state index is -0.226. The van der Waals surface area contributed by atoms with E-state index in [1.807, 2.05) is 25.1 Å². The van der Waals surface area contributed by atoms with Crippen molar-refractivity contribution in [3.8, 4) is 0 Å². The number of aromatic amines is 1. The van der Waals surface area contributed by atoms with Crippen LogP contribution >= 0.6 is 34.8 Å². The number of fused-ring (bicyclic) bond motifs is 1. The van der Waals surface area contributed by atoms with Crippen molar-refractivity contribution in [2.45, 2.75) is 6.92 Å². The number of halogens is 3. The van der Waals surface area contributed by atoms with Gasteiger partial charge >= 0.3 is 0 Å². The largest absolute Gasteiger partial charge is 0.321 e. The number of anilines is 1. The summed E-state index contributed by atoms with van der Waals surface area (Å²) in [4.78, 5) is 15.0. The van der Waals surface area contributed by atoms with Gasteiger partial charge in [-0.1, -0.05) is 53.0 Å². The van der Waals surface area contributed by atoms with E-state index in [9.17, 15) is 4.79 Å². The Balaban J connectivity index is 1.92. The van der Waals surface area contributed by atoms with E-state index < -0.39 is 0 Å². The zero-order valence-electron chi connectivity index (χ0n) is 12.5. The summed E-state index contributed by atoms with van der Waals surface area (Å²) < 4.78 is 0. The van der Waals surface area contributed by atoms with Gasteiger partial charge in [0.05, 0.1) is 33.0 Å². The van der Waals surface area contributed by atoms with Crippen LogP contribution in [0.25, 0.3) is 10.9 Å². The highest BCUT2D eigenvalue weighted by Crippen LogP contribution is 2.33. The fourth-order valence-corrected chi connectivity index (χ4v) is 3.21. The fourth-order valence-electron chi connectivity index (χ4n) is 2.31. The molecule has 0 aliphatic carbocycles. The SMILES string of the molecule is Cc1cccc2cc(C=NNc3c(Cl)cc(Cl)cc3Cl)c(=O)[nH]c12. The van der Waals surface area contributed by atoms with Gasteiger partial charge in [-0.3, -0.25) is 10.2 Å². The molecule has 2 N–H and O–H groups in total.